The Labute approximate surface area is 133 Å². The third-order valence-corrected chi connectivity index (χ3v) is 3.78. The number of anilines is 3. The summed E-state index contributed by atoms with van der Waals surface area (Å²) in [4.78, 5) is 16.3. The first-order chi connectivity index (χ1) is 10.1. The second-order valence-electron chi connectivity index (χ2n) is 4.04. The lowest BCUT2D eigenvalue weighted by Gasteiger charge is -2.08. The van der Waals surface area contributed by atoms with Crippen molar-refractivity contribution in [2.45, 2.75) is 0 Å². The summed E-state index contributed by atoms with van der Waals surface area (Å²) in [5.41, 5.74) is 6.44. The van der Waals surface area contributed by atoms with E-state index in [1.807, 2.05) is 12.1 Å². The van der Waals surface area contributed by atoms with Crippen LogP contribution in [0.25, 0.3) is 5.95 Å². The van der Waals surface area contributed by atoms with Gasteiger partial charge >= 0.3 is 0 Å². The minimum Gasteiger partial charge on any atom is -0.368 e. The van der Waals surface area contributed by atoms with Crippen molar-refractivity contribution in [3.05, 3.63) is 46.4 Å². The fraction of sp³-hybridized carbons (Fsp3) is 0. The normalized spacial score (nSPS) is 10.6. The van der Waals surface area contributed by atoms with Crippen LogP contribution < -0.4 is 11.1 Å². The van der Waals surface area contributed by atoms with E-state index in [1.165, 1.54) is 0 Å². The first-order valence-electron chi connectivity index (χ1n) is 5.84. The number of rotatable bonds is 3. The summed E-state index contributed by atoms with van der Waals surface area (Å²) in [6.07, 6.45) is 4.92. The van der Waals surface area contributed by atoms with Gasteiger partial charge in [0.05, 0.1) is 5.02 Å². The van der Waals surface area contributed by atoms with Crippen LogP contribution in [0.4, 0.5) is 17.6 Å². The van der Waals surface area contributed by atoms with E-state index < -0.39 is 0 Å². The van der Waals surface area contributed by atoms with Gasteiger partial charge in [0.15, 0.2) is 0 Å². The number of hydrogen-bond donors (Lipinski definition) is 2. The van der Waals surface area contributed by atoms with Gasteiger partial charge < -0.3 is 11.1 Å². The molecule has 0 saturated carbocycles. The van der Waals surface area contributed by atoms with E-state index in [2.05, 4.69) is 41.2 Å². The van der Waals surface area contributed by atoms with Gasteiger partial charge in [0.1, 0.15) is 6.33 Å². The van der Waals surface area contributed by atoms with E-state index >= 15 is 0 Å². The fourth-order valence-electron chi connectivity index (χ4n) is 1.63. The first kappa shape index (κ1) is 13.8. The second-order valence-corrected chi connectivity index (χ2v) is 5.30. The number of hydrogen-bond acceptors (Lipinski definition) is 6. The average Bonchev–Trinajstić information content (AvgIpc) is 2.96. The van der Waals surface area contributed by atoms with Crippen molar-refractivity contribution in [2.24, 2.45) is 0 Å². The standard InChI is InChI=1S/C12H9BrClN7/c13-8-2-1-7(5-9(8)14)17-11-18-10(15)19-12(20-11)21-4-3-16-6-21/h1-6H,(H3,15,17,18,19,20). The number of aromatic nitrogens is 5. The van der Waals surface area contributed by atoms with Gasteiger partial charge in [-0.3, -0.25) is 4.57 Å². The van der Waals surface area contributed by atoms with Crippen molar-refractivity contribution < 1.29 is 0 Å². The number of nitrogens with two attached hydrogens (primary N) is 1. The molecule has 0 fully saturated rings. The van der Waals surface area contributed by atoms with Gasteiger partial charge in [-0.1, -0.05) is 11.6 Å². The van der Waals surface area contributed by atoms with E-state index in [4.69, 9.17) is 17.3 Å². The van der Waals surface area contributed by atoms with Gasteiger partial charge in [-0.25, -0.2) is 4.98 Å². The van der Waals surface area contributed by atoms with Crippen LogP contribution in [-0.4, -0.2) is 24.5 Å². The molecule has 2 aromatic heterocycles. The molecule has 0 amide bonds. The average molecular weight is 367 g/mol. The van der Waals surface area contributed by atoms with E-state index in [-0.39, 0.29) is 5.95 Å². The summed E-state index contributed by atoms with van der Waals surface area (Å²) in [5.74, 6) is 0.815. The van der Waals surface area contributed by atoms with E-state index in [0.29, 0.717) is 16.9 Å². The van der Waals surface area contributed by atoms with Gasteiger partial charge in [0.2, 0.25) is 17.8 Å². The molecule has 3 N–H and O–H groups in total. The maximum atomic E-state index is 6.05. The Morgan fingerprint density at radius 1 is 1.24 bits per heavy atom. The zero-order valence-electron chi connectivity index (χ0n) is 10.5. The summed E-state index contributed by atoms with van der Waals surface area (Å²) in [5, 5.41) is 3.61. The minimum atomic E-state index is 0.111. The van der Waals surface area contributed by atoms with Crippen LogP contribution in [0.2, 0.25) is 5.02 Å². The highest BCUT2D eigenvalue weighted by Crippen LogP contribution is 2.26. The van der Waals surface area contributed by atoms with Crippen molar-refractivity contribution >= 4 is 45.1 Å². The molecular formula is C12H9BrClN7. The lowest BCUT2D eigenvalue weighted by molar-refractivity contribution is 0.906. The summed E-state index contributed by atoms with van der Waals surface area (Å²) in [6, 6.07) is 5.42. The van der Waals surface area contributed by atoms with Crippen molar-refractivity contribution in [3.8, 4) is 5.95 Å². The van der Waals surface area contributed by atoms with Gasteiger partial charge in [-0.2, -0.15) is 15.0 Å². The van der Waals surface area contributed by atoms with Crippen LogP contribution in [0.3, 0.4) is 0 Å². The molecule has 0 aliphatic heterocycles. The second kappa shape index (κ2) is 5.66. The zero-order chi connectivity index (χ0) is 14.8. The van der Waals surface area contributed by atoms with Crippen molar-refractivity contribution in [1.29, 1.82) is 0 Å². The maximum absolute atomic E-state index is 6.05. The molecule has 3 aromatic rings. The molecular weight excluding hydrogens is 358 g/mol. The summed E-state index contributed by atoms with van der Waals surface area (Å²) < 4.78 is 2.45. The van der Waals surface area contributed by atoms with Crippen molar-refractivity contribution in [3.63, 3.8) is 0 Å². The maximum Gasteiger partial charge on any atom is 0.241 e. The van der Waals surface area contributed by atoms with Gasteiger partial charge in [-0.15, -0.1) is 0 Å². The number of nitrogens with zero attached hydrogens (tertiary/aromatic N) is 5. The molecule has 0 bridgehead atoms. The minimum absolute atomic E-state index is 0.111. The highest BCUT2D eigenvalue weighted by molar-refractivity contribution is 9.10. The highest BCUT2D eigenvalue weighted by atomic mass is 79.9. The molecule has 3 rings (SSSR count). The van der Waals surface area contributed by atoms with Gasteiger partial charge in [-0.05, 0) is 34.1 Å². The smallest absolute Gasteiger partial charge is 0.241 e. The number of nitrogen functional groups attached to an aromatic ring is 1. The van der Waals surface area contributed by atoms with Crippen LogP contribution in [0.15, 0.2) is 41.4 Å². The highest BCUT2D eigenvalue weighted by Gasteiger charge is 2.07. The molecule has 0 radical (unpaired) electrons. The SMILES string of the molecule is Nc1nc(Nc2ccc(Br)c(Cl)c2)nc(-n2ccnc2)n1. The predicted molar refractivity (Wildman–Crippen MR) is 83.8 cm³/mol. The first-order valence-corrected chi connectivity index (χ1v) is 7.01. The quantitative estimate of drug-likeness (QED) is 0.740. The third kappa shape index (κ3) is 3.11. The Hall–Kier alpha value is -2.19. The van der Waals surface area contributed by atoms with Crippen LogP contribution in [-0.2, 0) is 0 Å². The van der Waals surface area contributed by atoms with Crippen LogP contribution in [0.5, 0.6) is 0 Å². The Morgan fingerprint density at radius 2 is 2.10 bits per heavy atom. The van der Waals surface area contributed by atoms with E-state index in [1.54, 1.807) is 29.4 Å². The molecule has 0 saturated heterocycles. The summed E-state index contributed by atoms with van der Waals surface area (Å²) in [6.45, 7) is 0. The topological polar surface area (TPSA) is 94.5 Å². The largest absolute Gasteiger partial charge is 0.368 e. The monoisotopic (exact) mass is 365 g/mol. The van der Waals surface area contributed by atoms with Crippen LogP contribution in [0.1, 0.15) is 0 Å². The van der Waals surface area contributed by atoms with E-state index in [0.717, 1.165) is 10.2 Å². The van der Waals surface area contributed by atoms with Crippen LogP contribution in [0, 0.1) is 0 Å². The summed E-state index contributed by atoms with van der Waals surface area (Å²) in [7, 11) is 0. The van der Waals surface area contributed by atoms with Crippen molar-refractivity contribution in [2.75, 3.05) is 11.1 Å². The predicted octanol–water partition coefficient (Wildman–Crippen LogP) is 2.80. The Bertz CT molecular complexity index is 775. The van der Waals surface area contributed by atoms with Gasteiger partial charge in [0, 0.05) is 22.6 Å². The molecule has 0 spiro atoms. The van der Waals surface area contributed by atoms with Gasteiger partial charge in [0.25, 0.3) is 0 Å². The number of imidazole rings is 1. The molecule has 0 atom stereocenters. The lowest BCUT2D eigenvalue weighted by Crippen LogP contribution is -2.08. The van der Waals surface area contributed by atoms with Crippen molar-refractivity contribution in [1.82, 2.24) is 24.5 Å². The zero-order valence-corrected chi connectivity index (χ0v) is 12.9. The Morgan fingerprint density at radius 3 is 2.81 bits per heavy atom. The fourth-order valence-corrected chi connectivity index (χ4v) is 2.06. The number of halogens is 2. The molecule has 0 unspecified atom stereocenters. The molecule has 7 nitrogen and oxygen atoms in total. The molecule has 21 heavy (non-hydrogen) atoms. The lowest BCUT2D eigenvalue weighted by atomic mass is 10.3. The Balaban J connectivity index is 1.93. The molecule has 9 heteroatoms. The molecule has 2 heterocycles. The Kier molecular flexibility index (Phi) is 3.72. The summed E-state index contributed by atoms with van der Waals surface area (Å²) >= 11 is 9.38. The molecule has 0 aliphatic carbocycles. The third-order valence-electron chi connectivity index (χ3n) is 2.55. The molecule has 0 aliphatic rings. The van der Waals surface area contributed by atoms with Crippen LogP contribution >= 0.6 is 27.5 Å². The molecule has 1 aromatic carbocycles. The number of nitrogens with one attached hydrogen (secondary N) is 1. The number of benzene rings is 1. The van der Waals surface area contributed by atoms with E-state index in [9.17, 15) is 0 Å². The molecule has 106 valence electrons.